The van der Waals surface area contributed by atoms with Crippen molar-refractivity contribution in [3.8, 4) is 5.75 Å². The molecule has 0 bridgehead atoms. The molecule has 0 saturated heterocycles. The molecule has 0 spiro atoms. The maximum Gasteiger partial charge on any atom is 0.280 e. The fraction of sp³-hybridized carbons (Fsp3) is 0.240. The molecule has 2 heterocycles. The number of likely N-dealkylation sites (N-methyl/N-ethyl adjacent to an activating group) is 1. The van der Waals surface area contributed by atoms with Crippen molar-refractivity contribution in [3.05, 3.63) is 70.2 Å². The zero-order chi connectivity index (χ0) is 27.1. The summed E-state index contributed by atoms with van der Waals surface area (Å²) in [6, 6.07) is 11.3. The van der Waals surface area contributed by atoms with Gasteiger partial charge in [0.2, 0.25) is 5.91 Å². The molecule has 2 aromatic carbocycles. The van der Waals surface area contributed by atoms with Crippen molar-refractivity contribution in [2.24, 2.45) is 0 Å². The third kappa shape index (κ3) is 7.34. The Balaban J connectivity index is 1.37. The van der Waals surface area contributed by atoms with Crippen LogP contribution < -0.4 is 20.7 Å². The third-order valence-corrected chi connectivity index (χ3v) is 6.32. The maximum atomic E-state index is 13.4. The van der Waals surface area contributed by atoms with E-state index in [4.69, 9.17) is 16.3 Å². The van der Waals surface area contributed by atoms with Gasteiger partial charge in [0.1, 0.15) is 34.8 Å². The number of nitrogens with one attached hydrogen (secondary N) is 3. The molecule has 4 rings (SSSR count). The Kier molecular flexibility index (Phi) is 9.00. The van der Waals surface area contributed by atoms with Crippen LogP contribution >= 0.6 is 22.9 Å². The highest BCUT2D eigenvalue weighted by molar-refractivity contribution is 7.19. The summed E-state index contributed by atoms with van der Waals surface area (Å²) in [7, 11) is 3.60. The molecule has 0 atom stereocenters. The predicted octanol–water partition coefficient (Wildman–Crippen LogP) is 3.61. The number of carbonyl (C=O) groups is 2. The highest BCUT2D eigenvalue weighted by Crippen LogP contribution is 2.31. The zero-order valence-electron chi connectivity index (χ0n) is 20.6. The van der Waals surface area contributed by atoms with Crippen molar-refractivity contribution in [1.82, 2.24) is 30.5 Å². The van der Waals surface area contributed by atoms with Gasteiger partial charge in [-0.3, -0.25) is 9.59 Å². The first kappa shape index (κ1) is 27.2. The second-order valence-corrected chi connectivity index (χ2v) is 9.81. The van der Waals surface area contributed by atoms with E-state index in [-0.39, 0.29) is 42.3 Å². The minimum Gasteiger partial charge on any atom is -0.487 e. The fourth-order valence-corrected chi connectivity index (χ4v) is 4.42. The SMILES string of the molecule is CN(C)CC(=O)NCCNC(=O)c1nc2c(Nc3ccc(OCc4cccc(F)c4)c(Cl)c3)ncnc2s1. The Hall–Kier alpha value is -3.87. The summed E-state index contributed by atoms with van der Waals surface area (Å²) < 4.78 is 19.1. The summed E-state index contributed by atoms with van der Waals surface area (Å²) in [4.78, 5) is 39.4. The van der Waals surface area contributed by atoms with Gasteiger partial charge in [-0.25, -0.2) is 19.3 Å². The van der Waals surface area contributed by atoms with E-state index in [9.17, 15) is 14.0 Å². The van der Waals surface area contributed by atoms with Crippen LogP contribution in [-0.2, 0) is 11.4 Å². The Morgan fingerprint density at radius 1 is 1.11 bits per heavy atom. The molecule has 2 aromatic heterocycles. The van der Waals surface area contributed by atoms with Gasteiger partial charge < -0.3 is 25.6 Å². The minimum absolute atomic E-state index is 0.124. The van der Waals surface area contributed by atoms with Crippen LogP contribution in [0.4, 0.5) is 15.9 Å². The lowest BCUT2D eigenvalue weighted by Crippen LogP contribution is -2.38. The van der Waals surface area contributed by atoms with Gasteiger partial charge in [0, 0.05) is 18.8 Å². The smallest absolute Gasteiger partial charge is 0.280 e. The lowest BCUT2D eigenvalue weighted by atomic mass is 10.2. The first-order valence-corrected chi connectivity index (χ1v) is 12.7. The van der Waals surface area contributed by atoms with Crippen LogP contribution in [0.3, 0.4) is 0 Å². The second kappa shape index (κ2) is 12.6. The van der Waals surface area contributed by atoms with Gasteiger partial charge in [0.15, 0.2) is 10.8 Å². The zero-order valence-corrected chi connectivity index (χ0v) is 22.2. The van der Waals surface area contributed by atoms with Crippen LogP contribution in [0.15, 0.2) is 48.8 Å². The molecule has 4 aromatic rings. The Morgan fingerprint density at radius 2 is 1.92 bits per heavy atom. The van der Waals surface area contributed by atoms with E-state index >= 15 is 0 Å². The molecule has 0 aliphatic carbocycles. The van der Waals surface area contributed by atoms with E-state index < -0.39 is 0 Å². The van der Waals surface area contributed by atoms with E-state index in [1.807, 2.05) is 0 Å². The third-order valence-electron chi connectivity index (χ3n) is 5.06. The monoisotopic (exact) mass is 557 g/mol. The second-order valence-electron chi connectivity index (χ2n) is 8.43. The molecule has 0 unspecified atom stereocenters. The number of rotatable bonds is 11. The molecule has 2 amide bonds. The largest absolute Gasteiger partial charge is 0.487 e. The van der Waals surface area contributed by atoms with Gasteiger partial charge in [-0.2, -0.15) is 0 Å². The lowest BCUT2D eigenvalue weighted by molar-refractivity contribution is -0.121. The predicted molar refractivity (Wildman–Crippen MR) is 145 cm³/mol. The number of ether oxygens (including phenoxy) is 1. The molecule has 198 valence electrons. The number of hydrogen-bond donors (Lipinski definition) is 3. The number of anilines is 2. The Bertz CT molecular complexity index is 1450. The van der Waals surface area contributed by atoms with Crippen molar-refractivity contribution in [2.45, 2.75) is 6.61 Å². The quantitative estimate of drug-likeness (QED) is 0.239. The molecule has 0 fully saturated rings. The summed E-state index contributed by atoms with van der Waals surface area (Å²) in [6.45, 7) is 1.01. The van der Waals surface area contributed by atoms with E-state index in [2.05, 4.69) is 30.9 Å². The van der Waals surface area contributed by atoms with Gasteiger partial charge >= 0.3 is 0 Å². The van der Waals surface area contributed by atoms with Crippen LogP contribution in [-0.4, -0.2) is 65.4 Å². The van der Waals surface area contributed by atoms with Crippen LogP contribution in [0.1, 0.15) is 15.4 Å². The Morgan fingerprint density at radius 3 is 2.68 bits per heavy atom. The number of amides is 2. The molecular formula is C25H25ClFN7O3S. The number of halogens is 2. The van der Waals surface area contributed by atoms with Crippen molar-refractivity contribution in [3.63, 3.8) is 0 Å². The van der Waals surface area contributed by atoms with Crippen LogP contribution in [0, 0.1) is 5.82 Å². The van der Waals surface area contributed by atoms with Crippen molar-refractivity contribution < 1.29 is 18.7 Å². The summed E-state index contributed by atoms with van der Waals surface area (Å²) in [5.74, 6) is 0.0236. The van der Waals surface area contributed by atoms with E-state index in [1.165, 1.54) is 18.5 Å². The van der Waals surface area contributed by atoms with E-state index in [0.717, 1.165) is 11.3 Å². The topological polar surface area (TPSA) is 121 Å². The van der Waals surface area contributed by atoms with Gasteiger partial charge in [0.25, 0.3) is 5.91 Å². The van der Waals surface area contributed by atoms with E-state index in [0.29, 0.717) is 44.7 Å². The number of nitrogens with zero attached hydrogens (tertiary/aromatic N) is 4. The number of fused-ring (bicyclic) bond motifs is 1. The van der Waals surface area contributed by atoms with Crippen LogP contribution in [0.2, 0.25) is 5.02 Å². The maximum absolute atomic E-state index is 13.4. The molecule has 0 radical (unpaired) electrons. The standard InChI is InChI=1S/C25H25ClFN7O3S/c1-34(2)12-20(35)28-8-9-29-23(36)25-33-21-22(30-14-31-24(21)38-25)32-17-6-7-19(18(26)11-17)37-13-15-4-3-5-16(27)10-15/h3-7,10-11,14H,8-9,12-13H2,1-2H3,(H,28,35)(H,29,36)(H,30,31,32). The number of carbonyl (C=O) groups excluding carboxylic acids is 2. The number of benzene rings is 2. The number of thiazole rings is 1. The van der Waals surface area contributed by atoms with Gasteiger partial charge in [-0.1, -0.05) is 35.1 Å². The fourth-order valence-electron chi connectivity index (χ4n) is 3.36. The average molecular weight is 558 g/mol. The number of aromatic nitrogens is 3. The minimum atomic E-state index is -0.372. The van der Waals surface area contributed by atoms with Crippen molar-refractivity contribution >= 4 is 56.6 Å². The van der Waals surface area contributed by atoms with E-state index in [1.54, 1.807) is 49.3 Å². The van der Waals surface area contributed by atoms with Gasteiger partial charge in [0.05, 0.1) is 11.6 Å². The molecular weight excluding hydrogens is 533 g/mol. The molecule has 38 heavy (non-hydrogen) atoms. The molecule has 0 aliphatic heterocycles. The normalized spacial score (nSPS) is 11.0. The summed E-state index contributed by atoms with van der Waals surface area (Å²) in [5, 5.41) is 9.20. The molecule has 0 aliphatic rings. The van der Waals surface area contributed by atoms with Crippen LogP contribution in [0.5, 0.6) is 5.75 Å². The molecule has 3 N–H and O–H groups in total. The highest BCUT2D eigenvalue weighted by atomic mass is 35.5. The summed E-state index contributed by atoms with van der Waals surface area (Å²) in [6.07, 6.45) is 1.38. The lowest BCUT2D eigenvalue weighted by Gasteiger charge is -2.11. The van der Waals surface area contributed by atoms with Gasteiger partial charge in [-0.05, 0) is 50.0 Å². The number of hydrogen-bond acceptors (Lipinski definition) is 9. The molecule has 13 heteroatoms. The first-order chi connectivity index (χ1) is 18.3. The molecule has 0 saturated carbocycles. The van der Waals surface area contributed by atoms with Crippen molar-refractivity contribution in [2.75, 3.05) is 39.0 Å². The Labute approximate surface area is 227 Å². The van der Waals surface area contributed by atoms with Crippen LogP contribution in [0.25, 0.3) is 10.3 Å². The first-order valence-electron chi connectivity index (χ1n) is 11.5. The van der Waals surface area contributed by atoms with Crippen molar-refractivity contribution in [1.29, 1.82) is 0 Å². The summed E-state index contributed by atoms with van der Waals surface area (Å²) >= 11 is 7.53. The summed E-state index contributed by atoms with van der Waals surface area (Å²) in [5.41, 5.74) is 1.74. The average Bonchev–Trinajstić information content (AvgIpc) is 3.31. The van der Waals surface area contributed by atoms with Gasteiger partial charge in [-0.15, -0.1) is 0 Å². The highest BCUT2D eigenvalue weighted by Gasteiger charge is 2.16. The molecule has 10 nitrogen and oxygen atoms in total.